The van der Waals surface area contributed by atoms with E-state index in [9.17, 15) is 15.8 Å². The Kier molecular flexibility index (Phi) is 8.25. The Hall–Kier alpha value is -3.61. The third-order valence-electron chi connectivity index (χ3n) is 3.17. The summed E-state index contributed by atoms with van der Waals surface area (Å²) in [5.41, 5.74) is 4.90. The van der Waals surface area contributed by atoms with Crippen LogP contribution in [0.3, 0.4) is 0 Å². The van der Waals surface area contributed by atoms with E-state index in [1.165, 1.54) is 15.9 Å². The summed E-state index contributed by atoms with van der Waals surface area (Å²) in [5, 5.41) is 45.4. The van der Waals surface area contributed by atoms with Crippen molar-refractivity contribution in [2.75, 3.05) is 0 Å². The minimum Gasteiger partial charge on any atom is -0.396 e. The van der Waals surface area contributed by atoms with Crippen LogP contribution in [0.1, 0.15) is 13.8 Å². The molecule has 2 N–H and O–H groups in total. The Morgan fingerprint density at radius 2 is 1.37 bits per heavy atom. The fourth-order valence-electron chi connectivity index (χ4n) is 1.69. The summed E-state index contributed by atoms with van der Waals surface area (Å²) in [4.78, 5) is 2.39. The van der Waals surface area contributed by atoms with Crippen LogP contribution in [-0.4, -0.2) is 0 Å². The minimum atomic E-state index is -0.422. The molecule has 0 aromatic heterocycles. The lowest BCUT2D eigenvalue weighted by atomic mass is 10.1. The zero-order chi connectivity index (χ0) is 20.4. The maximum Gasteiger partial charge on any atom is 0.153 e. The molecule has 0 aromatic carbocycles. The molecule has 1 rings (SSSR count). The molecule has 0 saturated carbocycles. The number of nitrogens with zero attached hydrogens (tertiary/aromatic N) is 5. The fourth-order valence-corrected chi connectivity index (χ4v) is 4.02. The van der Waals surface area contributed by atoms with Crippen molar-refractivity contribution in [3.05, 3.63) is 66.3 Å². The highest BCUT2D eigenvalue weighted by atomic mass is 32.2. The summed E-state index contributed by atoms with van der Waals surface area (Å²) < 4.78 is 1.01. The van der Waals surface area contributed by atoms with E-state index in [4.69, 9.17) is 16.3 Å². The third-order valence-corrected chi connectivity index (χ3v) is 5.70. The first kappa shape index (κ1) is 21.4. The third kappa shape index (κ3) is 6.00. The summed E-state index contributed by atoms with van der Waals surface area (Å²) in [5.74, 6) is 0. The van der Waals surface area contributed by atoms with Crippen LogP contribution >= 0.6 is 23.5 Å². The minimum absolute atomic E-state index is 0.00635. The summed E-state index contributed by atoms with van der Waals surface area (Å²) in [7, 11) is 0. The first-order valence-electron chi connectivity index (χ1n) is 7.29. The molecule has 0 bridgehead atoms. The van der Waals surface area contributed by atoms with Crippen LogP contribution in [0.4, 0.5) is 0 Å². The molecule has 0 unspecified atom stereocenters. The summed E-state index contributed by atoms with van der Waals surface area (Å²) in [6.45, 7) is 4.03. The monoisotopic (exact) mass is 388 g/mol. The highest BCUT2D eigenvalue weighted by molar-refractivity contribution is 8.28. The molecule has 0 radical (unpaired) electrons. The van der Waals surface area contributed by atoms with Gasteiger partial charge in [0.2, 0.25) is 0 Å². The molecule has 0 amide bonds. The van der Waals surface area contributed by atoms with Crippen molar-refractivity contribution in [2.45, 2.75) is 13.8 Å². The van der Waals surface area contributed by atoms with Gasteiger partial charge in [0.05, 0.1) is 34.6 Å². The van der Waals surface area contributed by atoms with E-state index in [1.54, 1.807) is 53.9 Å². The summed E-state index contributed by atoms with van der Waals surface area (Å²) in [6.07, 6.45) is 5.80. The number of hydrogen-bond donors (Lipinski definition) is 1. The predicted octanol–water partition coefficient (Wildman–Crippen LogP) is 4.17. The molecule has 6 nitrogen and oxygen atoms in total. The lowest BCUT2D eigenvalue weighted by molar-refractivity contribution is 1.29. The van der Waals surface area contributed by atoms with Gasteiger partial charge in [-0.05, 0) is 48.0 Å². The molecule has 0 atom stereocenters. The Bertz CT molecular complexity index is 1020. The Balaban J connectivity index is 3.26. The molecule has 0 aliphatic carbocycles. The topological polar surface area (TPSA) is 145 Å². The largest absolute Gasteiger partial charge is 0.396 e. The van der Waals surface area contributed by atoms with E-state index in [0.717, 1.165) is 10.3 Å². The molecular formula is C19H12N6S2. The van der Waals surface area contributed by atoms with Gasteiger partial charge in [0.15, 0.2) is 5.57 Å². The predicted molar refractivity (Wildman–Crippen MR) is 105 cm³/mol. The highest BCUT2D eigenvalue weighted by Gasteiger charge is 2.13. The lowest BCUT2D eigenvalue weighted by Crippen LogP contribution is -2.04. The van der Waals surface area contributed by atoms with Crippen molar-refractivity contribution in [1.82, 2.24) is 0 Å². The Morgan fingerprint density at radius 3 is 1.81 bits per heavy atom. The standard InChI is InChI=1S/C19H12N6S2/c1-12-13(2)27-18(26-12)4-3-14(7-20)5-15(8-21)6-16(9-22)19(25)17(10-23)11-24/h3-6H,25H2,1-2H3/b14-3-,15-5-,16-6+. The number of allylic oxidation sites excluding steroid dienone is 10. The average molecular weight is 388 g/mol. The van der Waals surface area contributed by atoms with Crippen molar-refractivity contribution in [3.8, 4) is 30.3 Å². The molecule has 8 heteroatoms. The van der Waals surface area contributed by atoms with Gasteiger partial charge in [0, 0.05) is 4.24 Å². The van der Waals surface area contributed by atoms with Gasteiger partial charge in [0.1, 0.15) is 18.2 Å². The molecule has 1 heterocycles. The van der Waals surface area contributed by atoms with Crippen LogP contribution in [0, 0.1) is 56.7 Å². The highest BCUT2D eigenvalue weighted by Crippen LogP contribution is 2.48. The second-order valence-corrected chi connectivity index (χ2v) is 7.70. The number of nitriles is 5. The average Bonchev–Trinajstić information content (AvgIpc) is 2.99. The fraction of sp³-hybridized carbons (Fsp3) is 0.105. The molecule has 0 fully saturated rings. The van der Waals surface area contributed by atoms with E-state index >= 15 is 0 Å². The molecular weight excluding hydrogens is 376 g/mol. The molecule has 1 aliphatic rings. The van der Waals surface area contributed by atoms with E-state index in [-0.39, 0.29) is 22.4 Å². The summed E-state index contributed by atoms with van der Waals surface area (Å²) in [6, 6.07) is 8.76. The van der Waals surface area contributed by atoms with Crippen LogP contribution in [0.15, 0.2) is 66.3 Å². The van der Waals surface area contributed by atoms with E-state index in [1.807, 2.05) is 26.0 Å². The van der Waals surface area contributed by atoms with Crippen LogP contribution in [0.25, 0.3) is 0 Å². The first-order valence-corrected chi connectivity index (χ1v) is 8.92. The molecule has 0 spiro atoms. The van der Waals surface area contributed by atoms with Crippen LogP contribution in [0.5, 0.6) is 0 Å². The molecule has 0 aromatic rings. The molecule has 27 heavy (non-hydrogen) atoms. The van der Waals surface area contributed by atoms with E-state index in [2.05, 4.69) is 0 Å². The maximum absolute atomic E-state index is 9.28. The zero-order valence-electron chi connectivity index (χ0n) is 14.4. The normalized spacial score (nSPS) is 14.4. The second-order valence-electron chi connectivity index (χ2n) is 4.93. The van der Waals surface area contributed by atoms with Crippen molar-refractivity contribution in [3.63, 3.8) is 0 Å². The smallest absolute Gasteiger partial charge is 0.153 e. The van der Waals surface area contributed by atoms with E-state index in [0.29, 0.717) is 0 Å². The van der Waals surface area contributed by atoms with Gasteiger partial charge < -0.3 is 5.73 Å². The second kappa shape index (κ2) is 10.4. The summed E-state index contributed by atoms with van der Waals surface area (Å²) >= 11 is 3.20. The van der Waals surface area contributed by atoms with Crippen molar-refractivity contribution < 1.29 is 0 Å². The molecule has 130 valence electrons. The maximum atomic E-state index is 9.28. The molecule has 1 aliphatic heterocycles. The van der Waals surface area contributed by atoms with Gasteiger partial charge >= 0.3 is 0 Å². The molecule has 0 saturated heterocycles. The van der Waals surface area contributed by atoms with Gasteiger partial charge in [-0.2, -0.15) is 26.3 Å². The van der Waals surface area contributed by atoms with Crippen molar-refractivity contribution in [1.29, 1.82) is 26.3 Å². The lowest BCUT2D eigenvalue weighted by Gasteiger charge is -1.98. The van der Waals surface area contributed by atoms with Gasteiger partial charge in [-0.25, -0.2) is 0 Å². The number of hydrogen-bond acceptors (Lipinski definition) is 8. The van der Waals surface area contributed by atoms with Crippen LogP contribution in [-0.2, 0) is 0 Å². The van der Waals surface area contributed by atoms with Crippen LogP contribution in [0.2, 0.25) is 0 Å². The van der Waals surface area contributed by atoms with E-state index < -0.39 is 5.57 Å². The number of nitrogens with two attached hydrogens (primary N) is 1. The SMILES string of the molecule is CC1=C(C)SC(=C/C=C(C#N)/C=C(C#N)/C=C(\C#N)C(N)=C(C#N)C#N)S1. The van der Waals surface area contributed by atoms with Crippen molar-refractivity contribution >= 4 is 23.5 Å². The van der Waals surface area contributed by atoms with Crippen molar-refractivity contribution in [2.24, 2.45) is 5.73 Å². The zero-order valence-corrected chi connectivity index (χ0v) is 16.1. The number of thioether (sulfide) groups is 2. The Morgan fingerprint density at radius 1 is 0.815 bits per heavy atom. The van der Waals surface area contributed by atoms with Gasteiger partial charge in [-0.3, -0.25) is 0 Å². The van der Waals surface area contributed by atoms with Gasteiger partial charge in [-0.15, -0.1) is 0 Å². The first-order chi connectivity index (χ1) is 12.9. The van der Waals surface area contributed by atoms with Gasteiger partial charge in [0.25, 0.3) is 0 Å². The van der Waals surface area contributed by atoms with Crippen LogP contribution < -0.4 is 5.73 Å². The number of rotatable bonds is 4. The quantitative estimate of drug-likeness (QED) is 0.558. The Labute approximate surface area is 166 Å². The van der Waals surface area contributed by atoms with Gasteiger partial charge in [-0.1, -0.05) is 23.5 Å².